The van der Waals surface area contributed by atoms with E-state index in [1.165, 1.54) is 61.8 Å². The number of hydrogen-bond acceptors (Lipinski definition) is 1. The van der Waals surface area contributed by atoms with E-state index in [1.807, 2.05) is 0 Å². The zero-order chi connectivity index (χ0) is 27.4. The molecule has 7 rings (SSSR count). The molecule has 0 saturated carbocycles. The van der Waals surface area contributed by atoms with Crippen molar-refractivity contribution >= 4 is 22.6 Å². The highest BCUT2D eigenvalue weighted by molar-refractivity contribution is 5.94. The fourth-order valence-corrected chi connectivity index (χ4v) is 6.32. The van der Waals surface area contributed by atoms with Crippen molar-refractivity contribution in [1.29, 1.82) is 0 Å². The summed E-state index contributed by atoms with van der Waals surface area (Å²) in [5, 5.41) is 0. The highest BCUT2D eigenvalue weighted by atomic mass is 15.2. The van der Waals surface area contributed by atoms with Crippen molar-refractivity contribution in [3.63, 3.8) is 0 Å². The summed E-state index contributed by atoms with van der Waals surface area (Å²) in [6.07, 6.45) is 6.84. The van der Waals surface area contributed by atoms with E-state index in [0.717, 1.165) is 13.1 Å². The molecule has 2 aliphatic rings. The summed E-state index contributed by atoms with van der Waals surface area (Å²) in [6.45, 7) is 10.8. The molecule has 0 radical (unpaired) electrons. The number of allylic oxidation sites excluding steroid dienone is 2. The minimum absolute atomic E-state index is 0.0988. The van der Waals surface area contributed by atoms with Crippen LogP contribution in [0.2, 0.25) is 0 Å². The number of rotatable bonds is 1. The maximum Gasteiger partial charge on any atom is 0.213 e. The number of benzene rings is 3. The van der Waals surface area contributed by atoms with Gasteiger partial charge >= 0.3 is 0 Å². The third-order valence-electron chi connectivity index (χ3n) is 8.45. The van der Waals surface area contributed by atoms with E-state index in [1.54, 1.807) is 0 Å². The van der Waals surface area contributed by atoms with Crippen LogP contribution in [0.25, 0.3) is 28.1 Å². The molecule has 0 aliphatic carbocycles. The minimum Gasteiger partial charge on any atom is -0.310 e. The van der Waals surface area contributed by atoms with Gasteiger partial charge in [-0.05, 0) is 78.1 Å². The minimum atomic E-state index is 0.0988. The van der Waals surface area contributed by atoms with E-state index in [4.69, 9.17) is 0 Å². The Balaban J connectivity index is 1.57. The topological polar surface area (TPSA) is 11.0 Å². The van der Waals surface area contributed by atoms with Crippen LogP contribution in [0.1, 0.15) is 37.5 Å². The van der Waals surface area contributed by atoms with Gasteiger partial charge in [-0.25, -0.2) is 0 Å². The zero-order valence-corrected chi connectivity index (χ0v) is 23.7. The maximum absolute atomic E-state index is 2.48. The van der Waals surface area contributed by atoms with Gasteiger partial charge in [0.15, 0.2) is 25.5 Å². The van der Waals surface area contributed by atoms with Crippen molar-refractivity contribution in [2.45, 2.75) is 46.2 Å². The molecular weight excluding hydrogens is 486 g/mol. The summed E-state index contributed by atoms with van der Waals surface area (Å²) in [7, 11) is 0. The molecule has 2 aromatic heterocycles. The highest BCUT2D eigenvalue weighted by Crippen LogP contribution is 2.46. The van der Waals surface area contributed by atoms with Gasteiger partial charge in [-0.15, -0.1) is 0 Å². The summed E-state index contributed by atoms with van der Waals surface area (Å²) in [4.78, 5) is 2.48. The molecule has 2 aliphatic heterocycles. The maximum atomic E-state index is 2.48. The Morgan fingerprint density at radius 1 is 0.650 bits per heavy atom. The lowest BCUT2D eigenvalue weighted by molar-refractivity contribution is -0.679. The number of nitrogens with zero attached hydrogens (tertiary/aromatic N) is 3. The molecular formula is C37H35N3+2. The fourth-order valence-electron chi connectivity index (χ4n) is 6.32. The number of aromatic nitrogens is 2. The Morgan fingerprint density at radius 3 is 2.02 bits per heavy atom. The van der Waals surface area contributed by atoms with E-state index in [-0.39, 0.29) is 5.41 Å². The van der Waals surface area contributed by atoms with E-state index in [2.05, 4.69) is 157 Å². The predicted octanol–water partition coefficient (Wildman–Crippen LogP) is 8.08. The van der Waals surface area contributed by atoms with Crippen LogP contribution >= 0.6 is 0 Å². The van der Waals surface area contributed by atoms with Crippen molar-refractivity contribution < 1.29 is 9.13 Å². The first-order chi connectivity index (χ1) is 19.4. The summed E-state index contributed by atoms with van der Waals surface area (Å²) in [5.74, 6) is 0. The summed E-state index contributed by atoms with van der Waals surface area (Å²) in [5.41, 5.74) is 14.0. The van der Waals surface area contributed by atoms with Gasteiger partial charge in [-0.1, -0.05) is 45.0 Å². The molecule has 3 aromatic carbocycles. The highest BCUT2D eigenvalue weighted by Gasteiger charge is 2.32. The Morgan fingerprint density at radius 2 is 1.30 bits per heavy atom. The molecule has 196 valence electrons. The molecule has 0 saturated heterocycles. The van der Waals surface area contributed by atoms with E-state index in [0.29, 0.717) is 0 Å². The molecule has 0 unspecified atom stereocenters. The Bertz CT molecular complexity index is 1790. The van der Waals surface area contributed by atoms with Gasteiger partial charge in [0, 0.05) is 46.8 Å². The third kappa shape index (κ3) is 3.96. The quantitative estimate of drug-likeness (QED) is 0.203. The van der Waals surface area contributed by atoms with Crippen molar-refractivity contribution in [3.8, 4) is 22.5 Å². The molecule has 2 bridgehead atoms. The average molecular weight is 522 g/mol. The van der Waals surface area contributed by atoms with Gasteiger partial charge in [0.1, 0.15) is 0 Å². The van der Waals surface area contributed by atoms with Crippen LogP contribution in [0.4, 0.5) is 17.1 Å². The van der Waals surface area contributed by atoms with Gasteiger partial charge in [0.2, 0.25) is 11.4 Å². The molecule has 40 heavy (non-hydrogen) atoms. The average Bonchev–Trinajstić information content (AvgIpc) is 2.97. The van der Waals surface area contributed by atoms with Gasteiger partial charge in [0.25, 0.3) is 0 Å². The number of pyridine rings is 2. The molecule has 4 heterocycles. The van der Waals surface area contributed by atoms with Crippen molar-refractivity contribution in [2.75, 3.05) is 4.90 Å². The number of fused-ring (bicyclic) bond motifs is 6. The summed E-state index contributed by atoms with van der Waals surface area (Å²) >= 11 is 0. The Labute approximate surface area is 237 Å². The third-order valence-corrected chi connectivity index (χ3v) is 8.45. The second kappa shape index (κ2) is 9.31. The van der Waals surface area contributed by atoms with E-state index < -0.39 is 0 Å². The van der Waals surface area contributed by atoms with Crippen LogP contribution < -0.4 is 14.0 Å². The number of anilines is 3. The largest absolute Gasteiger partial charge is 0.310 e. The lowest BCUT2D eigenvalue weighted by atomic mass is 9.87. The van der Waals surface area contributed by atoms with Gasteiger partial charge < -0.3 is 4.90 Å². The summed E-state index contributed by atoms with van der Waals surface area (Å²) in [6, 6.07) is 35.8. The molecule has 0 fully saturated rings. The normalized spacial score (nSPS) is 13.9. The molecule has 3 heteroatoms. The van der Waals surface area contributed by atoms with Crippen molar-refractivity contribution in [1.82, 2.24) is 0 Å². The second-order valence-corrected chi connectivity index (χ2v) is 12.0. The van der Waals surface area contributed by atoms with Crippen LogP contribution in [-0.4, -0.2) is 0 Å². The van der Waals surface area contributed by atoms with Gasteiger partial charge in [0.05, 0.1) is 16.8 Å². The van der Waals surface area contributed by atoms with Crippen LogP contribution in [0.15, 0.2) is 116 Å². The molecule has 3 nitrogen and oxygen atoms in total. The van der Waals surface area contributed by atoms with E-state index in [9.17, 15) is 0 Å². The van der Waals surface area contributed by atoms with Crippen LogP contribution in [0, 0.1) is 6.92 Å². The lowest BCUT2D eigenvalue weighted by Crippen LogP contribution is -2.40. The van der Waals surface area contributed by atoms with Crippen molar-refractivity contribution in [2.24, 2.45) is 0 Å². The first-order valence-corrected chi connectivity index (χ1v) is 14.2. The zero-order valence-electron chi connectivity index (χ0n) is 23.7. The lowest BCUT2D eigenvalue weighted by Gasteiger charge is -2.32. The fraction of sp³-hybridized carbons (Fsp3) is 0.189. The number of hydrogen-bond donors (Lipinski definition) is 0. The Hall–Kier alpha value is -4.50. The SMILES string of the molecule is Cc1c2cccc1N(c1ccc(C(C)(C)C)cc1)c1cccc3c1C(=CC[n+]1ccccc1-2)C[n+]1ccccc1-3. The van der Waals surface area contributed by atoms with Gasteiger partial charge in [-0.3, -0.25) is 0 Å². The monoisotopic (exact) mass is 521 g/mol. The van der Waals surface area contributed by atoms with Crippen LogP contribution in [0.3, 0.4) is 0 Å². The Kier molecular flexibility index (Phi) is 5.71. The molecule has 5 aromatic rings. The first-order valence-electron chi connectivity index (χ1n) is 14.2. The molecule has 0 N–H and O–H groups in total. The first kappa shape index (κ1) is 24.5. The van der Waals surface area contributed by atoms with E-state index >= 15 is 0 Å². The van der Waals surface area contributed by atoms with Crippen LogP contribution in [-0.2, 0) is 18.5 Å². The smallest absolute Gasteiger partial charge is 0.213 e. The second-order valence-electron chi connectivity index (χ2n) is 12.0. The van der Waals surface area contributed by atoms with Crippen molar-refractivity contribution in [3.05, 3.63) is 132 Å². The van der Waals surface area contributed by atoms with Gasteiger partial charge in [-0.2, -0.15) is 9.13 Å². The molecule has 0 atom stereocenters. The van der Waals surface area contributed by atoms with Crippen LogP contribution in [0.5, 0.6) is 0 Å². The molecule has 0 spiro atoms. The standard InChI is InChI=1S/C37H35N3/c1-26-30-11-9-15-32(26)40(29-19-17-28(18-20-29)37(2,3)4)35-16-10-12-31-34-14-6-8-23-39(34)25-27(36(31)35)21-24-38-22-7-5-13-33(30)38/h5-23H,24-25H2,1-4H3/q+2. The molecule has 0 amide bonds. The summed E-state index contributed by atoms with van der Waals surface area (Å²) < 4.78 is 4.75. The predicted molar refractivity (Wildman–Crippen MR) is 164 cm³/mol.